The van der Waals surface area contributed by atoms with Gasteiger partial charge in [-0.15, -0.1) is 13.2 Å². The van der Waals surface area contributed by atoms with Crippen molar-refractivity contribution in [2.75, 3.05) is 14.2 Å². The fraction of sp³-hybridized carbons (Fsp3) is 0.400. The van der Waals surface area contributed by atoms with E-state index < -0.39 is 36.2 Å². The lowest BCUT2D eigenvalue weighted by Crippen LogP contribution is -2.20. The number of carbonyl (C=O) groups is 1. The number of esters is 1. The summed E-state index contributed by atoms with van der Waals surface area (Å²) in [7, 11) is 1.99. The van der Waals surface area contributed by atoms with Gasteiger partial charge < -0.3 is 14.2 Å². The topological polar surface area (TPSA) is 57.7 Å². The van der Waals surface area contributed by atoms with Crippen molar-refractivity contribution in [3.63, 3.8) is 0 Å². The van der Waals surface area contributed by atoms with Crippen molar-refractivity contribution in [1.82, 2.24) is 4.98 Å². The second-order valence-electron chi connectivity index (χ2n) is 3.17. The first-order chi connectivity index (χ1) is 8.84. The Labute approximate surface area is 105 Å². The zero-order valence-electron chi connectivity index (χ0n) is 9.88. The summed E-state index contributed by atoms with van der Waals surface area (Å²) in [5.41, 5.74) is -0.764. The third-order valence-corrected chi connectivity index (χ3v) is 2.03. The quantitative estimate of drug-likeness (QED) is 0.626. The van der Waals surface area contributed by atoms with Crippen molar-refractivity contribution in [1.29, 1.82) is 0 Å². The monoisotopic (exact) mass is 283 g/mol. The van der Waals surface area contributed by atoms with Gasteiger partial charge in [0.2, 0.25) is 0 Å². The first-order valence-corrected chi connectivity index (χ1v) is 4.80. The van der Waals surface area contributed by atoms with Crippen LogP contribution in [0.25, 0.3) is 0 Å². The minimum atomic E-state index is -5.02. The first kappa shape index (κ1) is 15.0. The molecule has 106 valence electrons. The van der Waals surface area contributed by atoms with Crippen LogP contribution in [-0.2, 0) is 11.4 Å². The maximum Gasteiger partial charge on any atom is 0.574 e. The van der Waals surface area contributed by atoms with E-state index in [1.807, 2.05) is 0 Å². The molecule has 0 bridgehead atoms. The highest BCUT2D eigenvalue weighted by molar-refractivity contribution is 5.94. The Hall–Kier alpha value is -2.06. The highest BCUT2D eigenvalue weighted by Crippen LogP contribution is 2.35. The van der Waals surface area contributed by atoms with Crippen LogP contribution in [0.1, 0.15) is 15.9 Å². The molecule has 0 aliphatic heterocycles. The molecule has 0 aliphatic carbocycles. The van der Waals surface area contributed by atoms with Gasteiger partial charge in [-0.1, -0.05) is 0 Å². The number of rotatable bonds is 4. The molecule has 0 aliphatic rings. The molecule has 0 saturated heterocycles. The predicted molar refractivity (Wildman–Crippen MR) is 53.6 cm³/mol. The molecule has 0 spiro atoms. The molecule has 9 heteroatoms. The van der Waals surface area contributed by atoms with E-state index in [0.29, 0.717) is 0 Å². The van der Waals surface area contributed by atoms with Crippen LogP contribution in [-0.4, -0.2) is 31.5 Å². The lowest BCUT2D eigenvalue weighted by molar-refractivity contribution is -0.276. The molecule has 1 rings (SSSR count). The molecule has 1 heterocycles. The van der Waals surface area contributed by atoms with Crippen LogP contribution < -0.4 is 9.47 Å². The number of hydrogen-bond acceptors (Lipinski definition) is 5. The third-order valence-electron chi connectivity index (χ3n) is 2.03. The van der Waals surface area contributed by atoms with Crippen LogP contribution in [0.2, 0.25) is 0 Å². The van der Waals surface area contributed by atoms with E-state index in [1.54, 1.807) is 0 Å². The summed E-state index contributed by atoms with van der Waals surface area (Å²) >= 11 is 0. The zero-order chi connectivity index (χ0) is 14.6. The van der Waals surface area contributed by atoms with Gasteiger partial charge in [0.25, 0.3) is 5.88 Å². The third kappa shape index (κ3) is 3.46. The van der Waals surface area contributed by atoms with Crippen molar-refractivity contribution in [3.8, 4) is 11.6 Å². The molecule has 0 unspecified atom stereocenters. The molecule has 1 aromatic rings. The lowest BCUT2D eigenvalue weighted by Gasteiger charge is -2.15. The molecule has 0 aromatic carbocycles. The standard InChI is InChI=1S/C10H9F4NO4/c1-17-7-6(9(16)18-2)5(3-11)4-15-8(7)19-10(12,13)14/h4H,3H2,1-2H3. The average Bonchev–Trinajstić information content (AvgIpc) is 2.35. The summed E-state index contributed by atoms with van der Waals surface area (Å²) < 4.78 is 61.7. The summed E-state index contributed by atoms with van der Waals surface area (Å²) in [6.07, 6.45) is -4.28. The van der Waals surface area contributed by atoms with Crippen molar-refractivity contribution >= 4 is 5.97 Å². The molecule has 0 radical (unpaired) electrons. The average molecular weight is 283 g/mol. The predicted octanol–water partition coefficient (Wildman–Crippen LogP) is 2.24. The summed E-state index contributed by atoms with van der Waals surface area (Å²) in [5.74, 6) is -2.69. The number of hydrogen-bond donors (Lipinski definition) is 0. The molecule has 0 amide bonds. The maximum atomic E-state index is 12.7. The Balaban J connectivity index is 3.40. The van der Waals surface area contributed by atoms with Gasteiger partial charge in [0.15, 0.2) is 5.75 Å². The molecular formula is C10H9F4NO4. The Morgan fingerprint density at radius 1 is 1.37 bits per heavy atom. The van der Waals surface area contributed by atoms with Gasteiger partial charge in [-0.05, 0) is 0 Å². The van der Waals surface area contributed by atoms with Gasteiger partial charge in [-0.25, -0.2) is 14.2 Å². The minimum absolute atomic E-state index is 0.266. The Morgan fingerprint density at radius 3 is 2.42 bits per heavy atom. The summed E-state index contributed by atoms with van der Waals surface area (Å²) in [5, 5.41) is 0. The Morgan fingerprint density at radius 2 is 2.00 bits per heavy atom. The molecule has 0 N–H and O–H groups in total. The number of pyridine rings is 1. The van der Waals surface area contributed by atoms with Crippen LogP contribution in [0.4, 0.5) is 17.6 Å². The van der Waals surface area contributed by atoms with E-state index in [2.05, 4.69) is 19.2 Å². The van der Waals surface area contributed by atoms with Crippen LogP contribution in [0.5, 0.6) is 11.6 Å². The highest BCUT2D eigenvalue weighted by Gasteiger charge is 2.35. The van der Waals surface area contributed by atoms with Crippen molar-refractivity contribution < 1.29 is 36.6 Å². The van der Waals surface area contributed by atoms with E-state index in [4.69, 9.17) is 0 Å². The lowest BCUT2D eigenvalue weighted by atomic mass is 10.1. The molecular weight excluding hydrogens is 274 g/mol. The fourth-order valence-electron chi connectivity index (χ4n) is 1.31. The van der Waals surface area contributed by atoms with Crippen molar-refractivity contribution in [2.24, 2.45) is 0 Å². The van der Waals surface area contributed by atoms with Crippen LogP contribution >= 0.6 is 0 Å². The van der Waals surface area contributed by atoms with Gasteiger partial charge >= 0.3 is 12.3 Å². The first-order valence-electron chi connectivity index (χ1n) is 4.80. The van der Waals surface area contributed by atoms with E-state index in [-0.39, 0.29) is 5.56 Å². The number of halogens is 4. The molecule has 0 saturated carbocycles. The maximum absolute atomic E-state index is 12.7. The smallest absolute Gasteiger partial charge is 0.491 e. The number of carbonyl (C=O) groups excluding carboxylic acids is 1. The number of alkyl halides is 4. The van der Waals surface area contributed by atoms with E-state index in [9.17, 15) is 22.4 Å². The Bertz CT molecular complexity index is 475. The normalized spacial score (nSPS) is 11.1. The molecule has 1 aromatic heterocycles. The van der Waals surface area contributed by atoms with Gasteiger partial charge in [0.1, 0.15) is 12.2 Å². The zero-order valence-corrected chi connectivity index (χ0v) is 9.88. The van der Waals surface area contributed by atoms with E-state index in [0.717, 1.165) is 20.4 Å². The summed E-state index contributed by atoms with van der Waals surface area (Å²) in [6.45, 7) is -1.12. The second kappa shape index (κ2) is 5.72. The molecule has 0 fully saturated rings. The van der Waals surface area contributed by atoms with Crippen LogP contribution in [0.3, 0.4) is 0 Å². The summed E-state index contributed by atoms with van der Waals surface area (Å²) in [6, 6.07) is 0. The number of nitrogens with zero attached hydrogens (tertiary/aromatic N) is 1. The van der Waals surface area contributed by atoms with E-state index >= 15 is 0 Å². The molecule has 0 atom stereocenters. The van der Waals surface area contributed by atoms with Crippen LogP contribution in [0.15, 0.2) is 6.20 Å². The van der Waals surface area contributed by atoms with Crippen molar-refractivity contribution in [3.05, 3.63) is 17.3 Å². The number of ether oxygens (including phenoxy) is 3. The SMILES string of the molecule is COC(=O)c1c(CF)cnc(OC(F)(F)F)c1OC. The second-order valence-corrected chi connectivity index (χ2v) is 3.17. The van der Waals surface area contributed by atoms with Crippen LogP contribution in [0, 0.1) is 0 Å². The van der Waals surface area contributed by atoms with Gasteiger partial charge in [-0.2, -0.15) is 0 Å². The van der Waals surface area contributed by atoms with Gasteiger partial charge in [-0.3, -0.25) is 0 Å². The van der Waals surface area contributed by atoms with E-state index in [1.165, 1.54) is 0 Å². The Kier molecular flexibility index (Phi) is 4.52. The summed E-state index contributed by atoms with van der Waals surface area (Å²) in [4.78, 5) is 14.7. The molecule has 19 heavy (non-hydrogen) atoms. The largest absolute Gasteiger partial charge is 0.574 e. The van der Waals surface area contributed by atoms with Crippen molar-refractivity contribution in [2.45, 2.75) is 13.0 Å². The minimum Gasteiger partial charge on any atom is -0.491 e. The molecule has 5 nitrogen and oxygen atoms in total. The number of methoxy groups -OCH3 is 2. The number of aromatic nitrogens is 1. The fourth-order valence-corrected chi connectivity index (χ4v) is 1.31. The highest BCUT2D eigenvalue weighted by atomic mass is 19.4. The van der Waals surface area contributed by atoms with Gasteiger partial charge in [0, 0.05) is 11.8 Å². The van der Waals surface area contributed by atoms with Gasteiger partial charge in [0.05, 0.1) is 14.2 Å².